The average molecular weight is 413 g/mol. The maximum atomic E-state index is 13.0. The highest BCUT2D eigenvalue weighted by molar-refractivity contribution is 5.77. The molecule has 2 saturated heterocycles. The molecule has 1 atom stereocenters. The molecule has 2 aliphatic heterocycles. The second-order valence-corrected chi connectivity index (χ2v) is 8.07. The molecule has 4 rings (SSSR count). The monoisotopic (exact) mass is 413 g/mol. The molecule has 1 spiro atoms. The third-order valence-corrected chi connectivity index (χ3v) is 5.98. The summed E-state index contributed by atoms with van der Waals surface area (Å²) in [6.45, 7) is 2.57. The molecule has 0 saturated carbocycles. The zero-order valence-electron chi connectivity index (χ0n) is 17.1. The molecule has 30 heavy (non-hydrogen) atoms. The maximum absolute atomic E-state index is 13.0. The standard InChI is InChI=1S/C24H28FNO4/c25-20-6-8-21(9-7-20)29-18-23(27)26-13-11-24(12-14-26)16-22(10-15-30-24)28-17-19-4-2-1-3-5-19/h1-9,22H,10-18H2. The molecule has 2 aromatic rings. The van der Waals surface area contributed by atoms with E-state index in [1.165, 1.54) is 29.8 Å². The summed E-state index contributed by atoms with van der Waals surface area (Å²) in [4.78, 5) is 14.3. The minimum Gasteiger partial charge on any atom is -0.484 e. The van der Waals surface area contributed by atoms with Gasteiger partial charge in [-0.2, -0.15) is 0 Å². The van der Waals surface area contributed by atoms with Crippen LogP contribution >= 0.6 is 0 Å². The van der Waals surface area contributed by atoms with Crippen molar-refractivity contribution < 1.29 is 23.4 Å². The number of likely N-dealkylation sites (tertiary alicyclic amines) is 1. The lowest BCUT2D eigenvalue weighted by Crippen LogP contribution is -2.52. The lowest BCUT2D eigenvalue weighted by Gasteiger charge is -2.46. The first kappa shape index (κ1) is 20.8. The molecule has 2 aliphatic rings. The SMILES string of the molecule is O=C(COc1ccc(F)cc1)N1CCC2(CC1)CC(OCc1ccccc1)CCO2. The Balaban J connectivity index is 1.23. The Hall–Kier alpha value is -2.44. The van der Waals surface area contributed by atoms with Crippen LogP contribution in [0.15, 0.2) is 54.6 Å². The zero-order chi connectivity index (χ0) is 20.8. The van der Waals surface area contributed by atoms with Crippen LogP contribution in [-0.4, -0.2) is 48.8 Å². The summed E-state index contributed by atoms with van der Waals surface area (Å²) in [6.07, 6.45) is 3.57. The zero-order valence-corrected chi connectivity index (χ0v) is 17.1. The van der Waals surface area contributed by atoms with Gasteiger partial charge in [-0.25, -0.2) is 4.39 Å². The van der Waals surface area contributed by atoms with E-state index in [1.807, 2.05) is 23.1 Å². The lowest BCUT2D eigenvalue weighted by molar-refractivity contribution is -0.163. The summed E-state index contributed by atoms with van der Waals surface area (Å²) in [6, 6.07) is 15.9. The summed E-state index contributed by atoms with van der Waals surface area (Å²) >= 11 is 0. The molecule has 2 heterocycles. The fraction of sp³-hybridized carbons (Fsp3) is 0.458. The van der Waals surface area contributed by atoms with Crippen LogP contribution in [0.1, 0.15) is 31.2 Å². The molecule has 160 valence electrons. The summed E-state index contributed by atoms with van der Waals surface area (Å²) in [5, 5.41) is 0. The molecule has 1 amide bonds. The second-order valence-electron chi connectivity index (χ2n) is 8.07. The summed E-state index contributed by atoms with van der Waals surface area (Å²) in [5.41, 5.74) is 0.980. The molecule has 2 aromatic carbocycles. The molecule has 0 aromatic heterocycles. The van der Waals surface area contributed by atoms with Gasteiger partial charge >= 0.3 is 0 Å². The Kier molecular flexibility index (Phi) is 6.65. The summed E-state index contributed by atoms with van der Waals surface area (Å²) in [7, 11) is 0. The number of halogens is 1. The Morgan fingerprint density at radius 2 is 1.83 bits per heavy atom. The lowest BCUT2D eigenvalue weighted by atomic mass is 9.83. The molecule has 0 radical (unpaired) electrons. The molecule has 0 bridgehead atoms. The Labute approximate surface area is 176 Å². The highest BCUT2D eigenvalue weighted by Gasteiger charge is 2.41. The van der Waals surface area contributed by atoms with Gasteiger partial charge in [0, 0.05) is 26.1 Å². The maximum Gasteiger partial charge on any atom is 0.260 e. The third-order valence-electron chi connectivity index (χ3n) is 5.98. The highest BCUT2D eigenvalue weighted by atomic mass is 19.1. The fourth-order valence-electron chi connectivity index (χ4n) is 4.19. The van der Waals surface area contributed by atoms with Gasteiger partial charge < -0.3 is 19.1 Å². The largest absolute Gasteiger partial charge is 0.484 e. The van der Waals surface area contributed by atoms with Gasteiger partial charge in [0.15, 0.2) is 6.61 Å². The van der Waals surface area contributed by atoms with E-state index in [0.29, 0.717) is 32.1 Å². The van der Waals surface area contributed by atoms with E-state index >= 15 is 0 Å². The molecular formula is C24H28FNO4. The van der Waals surface area contributed by atoms with Crippen LogP contribution in [0.25, 0.3) is 0 Å². The molecular weight excluding hydrogens is 385 g/mol. The van der Waals surface area contributed by atoms with Gasteiger partial charge in [-0.05, 0) is 49.1 Å². The van der Waals surface area contributed by atoms with Gasteiger partial charge in [-0.1, -0.05) is 30.3 Å². The van der Waals surface area contributed by atoms with E-state index in [1.54, 1.807) is 0 Å². The first-order valence-electron chi connectivity index (χ1n) is 10.6. The number of amides is 1. The average Bonchev–Trinajstić information content (AvgIpc) is 2.78. The third kappa shape index (κ3) is 5.37. The first-order valence-corrected chi connectivity index (χ1v) is 10.6. The van der Waals surface area contributed by atoms with E-state index in [-0.39, 0.29) is 30.0 Å². The van der Waals surface area contributed by atoms with E-state index in [4.69, 9.17) is 14.2 Å². The number of carbonyl (C=O) groups is 1. The van der Waals surface area contributed by atoms with Crippen molar-refractivity contribution in [3.63, 3.8) is 0 Å². The summed E-state index contributed by atoms with van der Waals surface area (Å²) in [5.74, 6) is 0.114. The quantitative estimate of drug-likeness (QED) is 0.719. The van der Waals surface area contributed by atoms with Crippen molar-refractivity contribution in [3.8, 4) is 5.75 Å². The van der Waals surface area contributed by atoms with Gasteiger partial charge in [0.2, 0.25) is 0 Å². The number of piperidine rings is 1. The number of nitrogens with zero attached hydrogens (tertiary/aromatic N) is 1. The van der Waals surface area contributed by atoms with E-state index in [0.717, 1.165) is 25.7 Å². The van der Waals surface area contributed by atoms with E-state index in [2.05, 4.69) is 12.1 Å². The number of carbonyl (C=O) groups excluding carboxylic acids is 1. The molecule has 2 fully saturated rings. The predicted octanol–water partition coefficient (Wildman–Crippen LogP) is 3.96. The Morgan fingerprint density at radius 1 is 1.10 bits per heavy atom. The number of hydrogen-bond acceptors (Lipinski definition) is 4. The van der Waals surface area contributed by atoms with Gasteiger partial charge in [-0.3, -0.25) is 4.79 Å². The second kappa shape index (κ2) is 9.58. The van der Waals surface area contributed by atoms with Crippen molar-refractivity contribution in [2.45, 2.75) is 44.0 Å². The Morgan fingerprint density at radius 3 is 2.57 bits per heavy atom. The van der Waals surface area contributed by atoms with Crippen LogP contribution in [0, 0.1) is 5.82 Å². The van der Waals surface area contributed by atoms with Crippen LogP contribution in [0.4, 0.5) is 4.39 Å². The van der Waals surface area contributed by atoms with E-state index < -0.39 is 0 Å². The van der Waals surface area contributed by atoms with Gasteiger partial charge in [0.25, 0.3) is 5.91 Å². The van der Waals surface area contributed by atoms with E-state index in [9.17, 15) is 9.18 Å². The van der Waals surface area contributed by atoms with Crippen LogP contribution in [0.3, 0.4) is 0 Å². The van der Waals surface area contributed by atoms with Crippen LogP contribution in [0.2, 0.25) is 0 Å². The predicted molar refractivity (Wildman–Crippen MR) is 111 cm³/mol. The number of ether oxygens (including phenoxy) is 3. The fourth-order valence-corrected chi connectivity index (χ4v) is 4.19. The number of rotatable bonds is 6. The van der Waals surface area contributed by atoms with Gasteiger partial charge in [-0.15, -0.1) is 0 Å². The van der Waals surface area contributed by atoms with Crippen LogP contribution < -0.4 is 4.74 Å². The van der Waals surface area contributed by atoms with Crippen LogP contribution in [0.5, 0.6) is 5.75 Å². The molecule has 1 unspecified atom stereocenters. The number of hydrogen-bond donors (Lipinski definition) is 0. The minimum absolute atomic E-state index is 0.0394. The summed E-state index contributed by atoms with van der Waals surface area (Å²) < 4.78 is 30.8. The minimum atomic E-state index is -0.325. The van der Waals surface area contributed by atoms with Crippen molar-refractivity contribution >= 4 is 5.91 Å². The van der Waals surface area contributed by atoms with Gasteiger partial charge in [0.05, 0.1) is 18.3 Å². The molecule has 0 aliphatic carbocycles. The number of benzene rings is 2. The smallest absolute Gasteiger partial charge is 0.260 e. The van der Waals surface area contributed by atoms with Crippen molar-refractivity contribution in [1.82, 2.24) is 4.90 Å². The molecule has 6 heteroatoms. The normalized spacial score (nSPS) is 20.8. The molecule has 0 N–H and O–H groups in total. The van der Waals surface area contributed by atoms with Crippen molar-refractivity contribution in [2.24, 2.45) is 0 Å². The Bertz CT molecular complexity index is 819. The van der Waals surface area contributed by atoms with Gasteiger partial charge in [0.1, 0.15) is 11.6 Å². The first-order chi connectivity index (χ1) is 14.6. The topological polar surface area (TPSA) is 48.0 Å². The van der Waals surface area contributed by atoms with Crippen LogP contribution in [-0.2, 0) is 20.9 Å². The van der Waals surface area contributed by atoms with Crippen molar-refractivity contribution in [2.75, 3.05) is 26.3 Å². The van der Waals surface area contributed by atoms with Crippen molar-refractivity contribution in [1.29, 1.82) is 0 Å². The van der Waals surface area contributed by atoms with Crippen molar-refractivity contribution in [3.05, 3.63) is 66.0 Å². The highest BCUT2D eigenvalue weighted by Crippen LogP contribution is 2.36. The molecule has 5 nitrogen and oxygen atoms in total.